The lowest BCUT2D eigenvalue weighted by Crippen LogP contribution is -2.08. The highest BCUT2D eigenvalue weighted by molar-refractivity contribution is 6.33. The third-order valence-electron chi connectivity index (χ3n) is 18.0. The van der Waals surface area contributed by atoms with Crippen LogP contribution in [0.15, 0.2) is 297 Å². The van der Waals surface area contributed by atoms with E-state index < -0.39 is 0 Å². The molecule has 0 bridgehead atoms. The molecule has 0 aliphatic rings. The number of hydrogen-bond acceptors (Lipinski definition) is 26. The fourth-order valence-electron chi connectivity index (χ4n) is 11.8. The summed E-state index contributed by atoms with van der Waals surface area (Å²) in [6.45, 7) is 14.4. The molecule has 122 heavy (non-hydrogen) atoms. The largest absolute Gasteiger partial charge is 0.497 e. The van der Waals surface area contributed by atoms with Crippen LogP contribution in [-0.2, 0) is 6.42 Å². The van der Waals surface area contributed by atoms with E-state index in [-0.39, 0.29) is 0 Å². The van der Waals surface area contributed by atoms with Crippen molar-refractivity contribution in [1.82, 2.24) is 59.8 Å². The first-order valence-corrected chi connectivity index (χ1v) is 39.8. The number of para-hydroxylation sites is 5. The van der Waals surface area contributed by atoms with E-state index in [1.54, 1.807) is 14.2 Å². The van der Waals surface area contributed by atoms with Crippen molar-refractivity contribution in [2.24, 2.45) is 0 Å². The number of anilines is 24. The average Bonchev–Trinajstić information content (AvgIpc) is 0.838. The number of aryl methyl sites for hydroxylation is 7. The minimum absolute atomic E-state index is 0.378. The molecule has 0 amide bonds. The first kappa shape index (κ1) is 84.4. The quantitative estimate of drug-likeness (QED) is 0.0228. The number of nitrogens with zero attached hydrogens (tertiary/aromatic N) is 12. The molecule has 26 nitrogen and oxygen atoms in total. The summed E-state index contributed by atoms with van der Waals surface area (Å²) in [5.41, 5.74) is 18.4. The number of rotatable bonds is 27. The Balaban J connectivity index is 0.000000140. The van der Waals surface area contributed by atoms with E-state index in [4.69, 9.17) is 32.7 Å². The molecule has 16 aromatic rings. The van der Waals surface area contributed by atoms with Crippen molar-refractivity contribution in [1.29, 1.82) is 0 Å². The summed E-state index contributed by atoms with van der Waals surface area (Å²) in [4.78, 5) is 54.4. The topological polar surface area (TPSA) is 317 Å². The monoisotopic (exact) mass is 1660 g/mol. The third kappa shape index (κ3) is 25.7. The maximum atomic E-state index is 6.31. The second-order valence-electron chi connectivity index (χ2n) is 27.7. The molecule has 16 rings (SSSR count). The van der Waals surface area contributed by atoms with Crippen LogP contribution < -0.4 is 73.3 Å². The second-order valence-corrected chi connectivity index (χ2v) is 28.5. The Bertz CT molecular complexity index is 6140. The van der Waals surface area contributed by atoms with Gasteiger partial charge in [0.25, 0.3) is 0 Å². The van der Waals surface area contributed by atoms with Crippen LogP contribution in [-0.4, -0.2) is 74.0 Å². The maximum absolute atomic E-state index is 6.31. The number of ether oxygens (including phenoxy) is 2. The van der Waals surface area contributed by atoms with Gasteiger partial charge >= 0.3 is 0 Å². The van der Waals surface area contributed by atoms with Gasteiger partial charge in [0, 0.05) is 62.9 Å². The minimum atomic E-state index is 0.378. The zero-order valence-electron chi connectivity index (χ0n) is 68.4. The number of methoxy groups -OCH3 is 2. The molecule has 0 aliphatic carbocycles. The van der Waals surface area contributed by atoms with Gasteiger partial charge in [-0.1, -0.05) is 187 Å². The highest BCUT2D eigenvalue weighted by Gasteiger charge is 2.17. The van der Waals surface area contributed by atoms with E-state index >= 15 is 0 Å². The van der Waals surface area contributed by atoms with Crippen LogP contribution in [0, 0.1) is 41.5 Å². The predicted octanol–water partition coefficient (Wildman–Crippen LogP) is 24.1. The molecule has 4 heterocycles. The Morgan fingerprint density at radius 1 is 0.221 bits per heavy atom. The molecular formula is C94H90Cl2N24O2. The van der Waals surface area contributed by atoms with Gasteiger partial charge in [0.1, 0.15) is 11.5 Å². The Labute approximate surface area is 718 Å². The molecule has 0 radical (unpaired) electrons. The molecule has 12 aromatic carbocycles. The first-order chi connectivity index (χ1) is 59.4. The van der Waals surface area contributed by atoms with Gasteiger partial charge in [0.15, 0.2) is 0 Å². The van der Waals surface area contributed by atoms with Crippen LogP contribution in [0.1, 0.15) is 45.9 Å². The lowest BCUT2D eigenvalue weighted by Gasteiger charge is -2.13. The van der Waals surface area contributed by atoms with Crippen molar-refractivity contribution >= 4 is 163 Å². The Kier molecular flexibility index (Phi) is 29.1. The van der Waals surface area contributed by atoms with E-state index in [0.29, 0.717) is 87.1 Å². The number of halogens is 2. The lowest BCUT2D eigenvalue weighted by molar-refractivity contribution is 0.415. The van der Waals surface area contributed by atoms with Crippen molar-refractivity contribution in [2.45, 2.75) is 54.9 Å². The molecular weight excluding hydrogens is 1570 g/mol. The lowest BCUT2D eigenvalue weighted by atomic mass is 10.1. The van der Waals surface area contributed by atoms with E-state index in [0.717, 1.165) is 103 Å². The van der Waals surface area contributed by atoms with Crippen molar-refractivity contribution in [2.75, 3.05) is 78.0 Å². The summed E-state index contributed by atoms with van der Waals surface area (Å²) in [6, 6.07) is 96.0. The van der Waals surface area contributed by atoms with Gasteiger partial charge in [-0.15, -0.1) is 0 Å². The molecule has 0 unspecified atom stereocenters. The maximum Gasteiger partial charge on any atom is 0.233 e. The van der Waals surface area contributed by atoms with Gasteiger partial charge in [-0.2, -0.15) is 59.8 Å². The molecule has 12 N–H and O–H groups in total. The van der Waals surface area contributed by atoms with Crippen molar-refractivity contribution < 1.29 is 9.47 Å². The zero-order chi connectivity index (χ0) is 84.9. The van der Waals surface area contributed by atoms with Crippen LogP contribution in [0.25, 0.3) is 0 Å². The Hall–Kier alpha value is -15.5. The fourth-order valence-corrected chi connectivity index (χ4v) is 12.2. The smallest absolute Gasteiger partial charge is 0.233 e. The molecule has 0 atom stereocenters. The van der Waals surface area contributed by atoms with Crippen LogP contribution in [0.3, 0.4) is 0 Å². The van der Waals surface area contributed by atoms with E-state index in [2.05, 4.69) is 137 Å². The van der Waals surface area contributed by atoms with Gasteiger partial charge in [-0.05, 0) is 221 Å². The van der Waals surface area contributed by atoms with Crippen molar-refractivity contribution in [3.8, 4) is 11.5 Å². The highest BCUT2D eigenvalue weighted by Crippen LogP contribution is 2.32. The van der Waals surface area contributed by atoms with Crippen LogP contribution in [0.4, 0.5) is 140 Å². The van der Waals surface area contributed by atoms with Crippen LogP contribution in [0.2, 0.25) is 10.0 Å². The summed E-state index contributed by atoms with van der Waals surface area (Å²) in [7, 11) is 3.27. The van der Waals surface area contributed by atoms with E-state index in [9.17, 15) is 0 Å². The molecule has 612 valence electrons. The van der Waals surface area contributed by atoms with Gasteiger partial charge in [0.05, 0.1) is 35.6 Å². The minimum Gasteiger partial charge on any atom is -0.497 e. The molecule has 0 spiro atoms. The highest BCUT2D eigenvalue weighted by atomic mass is 35.5. The second kappa shape index (κ2) is 42.0. The number of nitrogens with one attached hydrogen (secondary N) is 12. The molecule has 28 heteroatoms. The Morgan fingerprint density at radius 3 is 0.844 bits per heavy atom. The third-order valence-corrected chi connectivity index (χ3v) is 18.6. The summed E-state index contributed by atoms with van der Waals surface area (Å²) >= 11 is 12.6. The molecule has 0 saturated carbocycles. The van der Waals surface area contributed by atoms with Crippen molar-refractivity contribution in [3.63, 3.8) is 0 Å². The van der Waals surface area contributed by atoms with Gasteiger partial charge < -0.3 is 73.3 Å². The summed E-state index contributed by atoms with van der Waals surface area (Å²) in [5, 5.41) is 40.1. The number of hydrogen-bond donors (Lipinski definition) is 12. The summed E-state index contributed by atoms with van der Waals surface area (Å²) < 4.78 is 10.5. The predicted molar refractivity (Wildman–Crippen MR) is 497 cm³/mol. The van der Waals surface area contributed by atoms with Gasteiger partial charge in [-0.25, -0.2) is 0 Å². The normalized spacial score (nSPS) is 10.5. The molecule has 4 aromatic heterocycles. The zero-order valence-corrected chi connectivity index (χ0v) is 69.9. The Morgan fingerprint density at radius 2 is 0.492 bits per heavy atom. The van der Waals surface area contributed by atoms with E-state index in [1.165, 1.54) is 16.7 Å². The molecule has 0 saturated heterocycles. The summed E-state index contributed by atoms with van der Waals surface area (Å²) in [6.07, 6.45) is 0.896. The summed E-state index contributed by atoms with van der Waals surface area (Å²) in [5.74, 6) is 6.54. The fraction of sp³-hybridized carbons (Fsp3) is 0.106. The molecule has 0 aliphatic heterocycles. The molecule has 0 fully saturated rings. The average molecular weight is 1660 g/mol. The van der Waals surface area contributed by atoms with Crippen LogP contribution in [0.5, 0.6) is 11.5 Å². The van der Waals surface area contributed by atoms with Crippen molar-refractivity contribution in [3.05, 3.63) is 346 Å². The van der Waals surface area contributed by atoms with Gasteiger partial charge in [0.2, 0.25) is 71.4 Å². The van der Waals surface area contributed by atoms with Gasteiger partial charge in [-0.3, -0.25) is 0 Å². The van der Waals surface area contributed by atoms with E-state index in [1.807, 2.05) is 333 Å². The first-order valence-electron chi connectivity index (χ1n) is 39.0. The number of aromatic nitrogens is 12. The standard InChI is InChI=1S/C24H23ClN6.C24H24N6O.C23H21ClN6.C23H22N6O/c1-3-17-10-4-6-13-20(17)27-23-29-22(26-18-11-8-9-16(2)15-18)30-24(31-23)28-21-14-7-5-12-19(21)25;1-16-7-9-18(10-8-16)25-22-28-23(26-19-11-13-21(31-3)14-12-19)30-24(29-22)27-20-6-4-5-17(2)15-20;1-15-10-12-17(13-11-15)25-21-28-22(26-18-7-5-6-16(2)14-18)30-23(29-21)27-20-9-4-3-8-19(20)24;1-16-9-6-7-14-20(16)26-23-28-21(24-17-10-4-3-5-11-17)27-22(29-23)25-18-12-8-13-19(15-18)30-2/h4-15H,3H2,1-2H3,(H3,26,27,28,29,30,31);4-15H,1-3H3,(H3,25,26,27,28,29,30);3-14H,1-2H3,(H3,25,26,27,28,29,30);3-15H,1-2H3,(H3,24,25,26,27,28,29). The SMILES string of the molecule is CCc1ccccc1Nc1nc(Nc2cccc(C)c2)nc(Nc2ccccc2Cl)n1.COc1ccc(Nc2nc(Nc3ccc(C)cc3)nc(Nc3cccc(C)c3)n2)cc1.COc1cccc(Nc2nc(Nc3ccccc3)nc(Nc3ccccc3C)n2)c1.Cc1ccc(Nc2nc(Nc3cccc(C)c3)nc(Nc3ccccc3Cl)n2)cc1. The number of benzene rings is 12. The van der Waals surface area contributed by atoms with Crippen LogP contribution >= 0.6 is 23.2 Å².